The first-order chi connectivity index (χ1) is 10.6. The van der Waals surface area contributed by atoms with Crippen molar-refractivity contribution >= 4 is 17.6 Å². The quantitative estimate of drug-likeness (QED) is 0.629. The highest BCUT2D eigenvalue weighted by Crippen LogP contribution is 2.09. The van der Waals surface area contributed by atoms with Crippen LogP contribution in [0.15, 0.2) is 60.7 Å². The van der Waals surface area contributed by atoms with Crippen LogP contribution < -0.4 is 5.32 Å². The third-order valence-electron chi connectivity index (χ3n) is 2.68. The van der Waals surface area contributed by atoms with Crippen molar-refractivity contribution in [2.45, 2.75) is 12.6 Å². The Kier molecular flexibility index (Phi) is 4.45. The molecule has 0 spiro atoms. The Bertz CT molecular complexity index is 633. The van der Waals surface area contributed by atoms with E-state index in [1.54, 1.807) is 60.7 Å². The number of nitrogens with one attached hydrogen (secondary N) is 1. The van der Waals surface area contributed by atoms with Gasteiger partial charge in [-0.25, -0.2) is 9.59 Å². The largest absolute Gasteiger partial charge is 0.479 e. The molecule has 108 valence electrons. The molecule has 0 saturated heterocycles. The van der Waals surface area contributed by atoms with Crippen LogP contribution >= 0.6 is 0 Å². The van der Waals surface area contributed by atoms with Crippen LogP contribution in [0.5, 0.6) is 0 Å². The van der Waals surface area contributed by atoms with Crippen LogP contribution in [-0.4, -0.2) is 23.1 Å². The van der Waals surface area contributed by atoms with Gasteiger partial charge in [0.15, 0.2) is 0 Å². The lowest BCUT2D eigenvalue weighted by molar-refractivity contribution is -0.153. The monoisotopic (exact) mass is 286 g/mol. The van der Waals surface area contributed by atoms with Crippen LogP contribution in [0.4, 0.5) is 5.69 Å². The molecule has 0 radical (unpaired) electrons. The molecule has 0 amide bonds. The summed E-state index contributed by atoms with van der Waals surface area (Å²) < 4.78 is 12.7. The zero-order valence-corrected chi connectivity index (χ0v) is 11.1. The Hall–Kier alpha value is -2.82. The first-order valence-corrected chi connectivity index (χ1v) is 6.30. The molecule has 0 saturated carbocycles. The molecule has 2 aromatic rings. The second kappa shape index (κ2) is 7.09. The van der Waals surface area contributed by atoms with Crippen molar-refractivity contribution in [3.8, 4) is 0 Å². The van der Waals surface area contributed by atoms with Crippen molar-refractivity contribution < 1.29 is 20.8 Å². The van der Waals surface area contributed by atoms with Crippen molar-refractivity contribution in [2.75, 3.05) is 5.32 Å². The van der Waals surface area contributed by atoms with E-state index in [0.29, 0.717) is 11.3 Å². The van der Waals surface area contributed by atoms with E-state index < -0.39 is 24.6 Å². The second-order valence-electron chi connectivity index (χ2n) is 4.25. The number of anilines is 1. The van der Waals surface area contributed by atoms with E-state index in [-0.39, 0.29) is 0 Å². The molecule has 0 aliphatic carbocycles. The van der Waals surface area contributed by atoms with Crippen LogP contribution in [0.1, 0.15) is 6.93 Å². The van der Waals surface area contributed by atoms with Gasteiger partial charge in [0.25, 0.3) is 0 Å². The van der Waals surface area contributed by atoms with Crippen molar-refractivity contribution in [3.05, 3.63) is 66.2 Å². The number of rotatable bonds is 6. The summed E-state index contributed by atoms with van der Waals surface area (Å²) in [6.45, 7) is -1.27. The standard InChI is InChI=1S/C16H15NO4/c18-15(19)14(17-13-9-5-2-6-10-13)16(20)21-11-12-7-3-1-4-8-12/h1-10,14,17H,11H2,(H,18,19)/i11D. The van der Waals surface area contributed by atoms with E-state index in [1.165, 1.54) is 0 Å². The fourth-order valence-corrected chi connectivity index (χ4v) is 1.65. The third kappa shape index (κ3) is 4.35. The average molecular weight is 286 g/mol. The predicted octanol–water partition coefficient (Wildman–Crippen LogP) is 2.30. The number of benzene rings is 2. The Balaban J connectivity index is 2.05. The summed E-state index contributed by atoms with van der Waals surface area (Å²) in [5.41, 5.74) is 0.952. The lowest BCUT2D eigenvalue weighted by Gasteiger charge is -2.15. The SMILES string of the molecule is [2H]C(OC(=O)C(Nc1ccccc1)C(=O)O)c1ccccc1. The summed E-state index contributed by atoms with van der Waals surface area (Å²) in [7, 11) is 0. The van der Waals surface area contributed by atoms with Gasteiger partial charge < -0.3 is 15.2 Å². The highest BCUT2D eigenvalue weighted by Gasteiger charge is 2.27. The van der Waals surface area contributed by atoms with Crippen LogP contribution in [0.3, 0.4) is 0 Å². The van der Waals surface area contributed by atoms with Crippen LogP contribution in [0, 0.1) is 0 Å². The molecule has 0 aliphatic heterocycles. The maximum absolute atomic E-state index is 12.0. The summed E-state index contributed by atoms with van der Waals surface area (Å²) in [5.74, 6) is -2.38. The van der Waals surface area contributed by atoms with E-state index >= 15 is 0 Å². The molecule has 5 heteroatoms. The molecule has 0 aromatic heterocycles. The van der Waals surface area contributed by atoms with Gasteiger partial charge in [-0.2, -0.15) is 0 Å². The van der Waals surface area contributed by atoms with E-state index in [1.807, 2.05) is 0 Å². The number of para-hydroxylation sites is 1. The van der Waals surface area contributed by atoms with Gasteiger partial charge in [0.1, 0.15) is 6.58 Å². The molecular weight excluding hydrogens is 270 g/mol. The molecule has 0 heterocycles. The van der Waals surface area contributed by atoms with Gasteiger partial charge in [-0.15, -0.1) is 0 Å². The molecule has 2 atom stereocenters. The number of carboxylic acid groups (broad SMARTS) is 1. The number of carboxylic acids is 1. The summed E-state index contributed by atoms with van der Waals surface area (Å²) >= 11 is 0. The van der Waals surface area contributed by atoms with Gasteiger partial charge >= 0.3 is 11.9 Å². The predicted molar refractivity (Wildman–Crippen MR) is 77.7 cm³/mol. The maximum atomic E-state index is 12.0. The van der Waals surface area contributed by atoms with Gasteiger partial charge in [0.2, 0.25) is 6.04 Å². The zero-order valence-electron chi connectivity index (χ0n) is 12.1. The Morgan fingerprint density at radius 3 is 2.24 bits per heavy atom. The molecule has 2 aromatic carbocycles. The highest BCUT2D eigenvalue weighted by molar-refractivity contribution is 6.01. The second-order valence-corrected chi connectivity index (χ2v) is 4.25. The Labute approximate surface area is 123 Å². The minimum Gasteiger partial charge on any atom is -0.479 e. The van der Waals surface area contributed by atoms with Gasteiger partial charge in [0, 0.05) is 5.69 Å². The van der Waals surface area contributed by atoms with E-state index in [2.05, 4.69) is 5.32 Å². The smallest absolute Gasteiger partial charge is 0.340 e. The van der Waals surface area contributed by atoms with Crippen molar-refractivity contribution in [1.82, 2.24) is 0 Å². The number of hydrogen-bond acceptors (Lipinski definition) is 4. The fourth-order valence-electron chi connectivity index (χ4n) is 1.65. The lowest BCUT2D eigenvalue weighted by Crippen LogP contribution is -2.38. The minimum absolute atomic E-state index is 0.472. The summed E-state index contributed by atoms with van der Waals surface area (Å²) in [6.07, 6.45) is 0. The molecule has 2 N–H and O–H groups in total. The molecule has 0 aliphatic rings. The first-order valence-electron chi connectivity index (χ1n) is 6.88. The number of hydrogen-bond donors (Lipinski definition) is 2. The van der Waals surface area contributed by atoms with Gasteiger partial charge in [-0.1, -0.05) is 48.5 Å². The van der Waals surface area contributed by atoms with Crippen LogP contribution in [-0.2, 0) is 20.9 Å². The number of carbonyl (C=O) groups is 2. The number of aliphatic carboxylic acids is 1. The summed E-state index contributed by atoms with van der Waals surface area (Å²) in [4.78, 5) is 23.2. The summed E-state index contributed by atoms with van der Waals surface area (Å²) in [6, 6.07) is 15.4. The number of carbonyl (C=O) groups excluding carboxylic acids is 1. The molecule has 2 rings (SSSR count). The lowest BCUT2D eigenvalue weighted by atomic mass is 10.2. The third-order valence-corrected chi connectivity index (χ3v) is 2.68. The van der Waals surface area contributed by atoms with Crippen molar-refractivity contribution in [2.24, 2.45) is 0 Å². The molecule has 2 unspecified atom stereocenters. The van der Waals surface area contributed by atoms with Crippen molar-refractivity contribution in [1.29, 1.82) is 0 Å². The fraction of sp³-hybridized carbons (Fsp3) is 0.125. The molecule has 0 fully saturated rings. The molecule has 5 nitrogen and oxygen atoms in total. The summed E-state index contributed by atoms with van der Waals surface area (Å²) in [5, 5.41) is 11.7. The van der Waals surface area contributed by atoms with Gasteiger partial charge in [-0.05, 0) is 17.7 Å². The highest BCUT2D eigenvalue weighted by atomic mass is 16.5. The minimum atomic E-state index is -1.57. The average Bonchev–Trinajstić information content (AvgIpc) is 2.54. The normalized spacial score (nSPS) is 13.6. The molecular formula is C16H15NO4. The Morgan fingerprint density at radius 2 is 1.67 bits per heavy atom. The van der Waals surface area contributed by atoms with E-state index in [4.69, 9.17) is 11.2 Å². The topological polar surface area (TPSA) is 75.6 Å². The first kappa shape index (κ1) is 13.2. The van der Waals surface area contributed by atoms with Crippen molar-refractivity contribution in [3.63, 3.8) is 0 Å². The Morgan fingerprint density at radius 1 is 1.10 bits per heavy atom. The van der Waals surface area contributed by atoms with Crippen LogP contribution in [0.2, 0.25) is 0 Å². The zero-order chi connectivity index (χ0) is 15.9. The molecule has 21 heavy (non-hydrogen) atoms. The van der Waals surface area contributed by atoms with Crippen LogP contribution in [0.25, 0.3) is 0 Å². The maximum Gasteiger partial charge on any atom is 0.340 e. The van der Waals surface area contributed by atoms with E-state index in [0.717, 1.165) is 0 Å². The molecule has 0 bridgehead atoms. The van der Waals surface area contributed by atoms with E-state index in [9.17, 15) is 9.59 Å². The van der Waals surface area contributed by atoms with Gasteiger partial charge in [0.05, 0.1) is 1.37 Å². The number of esters is 1. The number of ether oxygens (including phenoxy) is 1. The van der Waals surface area contributed by atoms with Gasteiger partial charge in [-0.3, -0.25) is 0 Å².